The molecule has 1 unspecified atom stereocenters. The van der Waals surface area contributed by atoms with Gasteiger partial charge in [-0.05, 0) is 37.8 Å². The van der Waals surface area contributed by atoms with Crippen LogP contribution < -0.4 is 0 Å². The van der Waals surface area contributed by atoms with Crippen molar-refractivity contribution in [3.8, 4) is 0 Å². The van der Waals surface area contributed by atoms with Gasteiger partial charge in [-0.3, -0.25) is 9.69 Å². The van der Waals surface area contributed by atoms with Crippen molar-refractivity contribution < 1.29 is 9.90 Å². The van der Waals surface area contributed by atoms with Crippen LogP contribution in [-0.2, 0) is 4.79 Å². The molecule has 0 aromatic heterocycles. The van der Waals surface area contributed by atoms with Gasteiger partial charge < -0.3 is 5.11 Å². The van der Waals surface area contributed by atoms with Crippen molar-refractivity contribution in [2.75, 3.05) is 19.6 Å². The SMILES string of the molecule is O=C(O)C1CCCN(CC2=CCCC=C2)C1. The topological polar surface area (TPSA) is 40.5 Å². The molecule has 1 saturated heterocycles. The first-order valence-electron chi connectivity index (χ1n) is 6.06. The highest BCUT2D eigenvalue weighted by molar-refractivity contribution is 5.70. The van der Waals surface area contributed by atoms with Crippen LogP contribution in [0.4, 0.5) is 0 Å². The van der Waals surface area contributed by atoms with Crippen molar-refractivity contribution >= 4 is 5.97 Å². The van der Waals surface area contributed by atoms with Crippen molar-refractivity contribution in [2.24, 2.45) is 5.92 Å². The van der Waals surface area contributed by atoms with Gasteiger partial charge >= 0.3 is 5.97 Å². The summed E-state index contributed by atoms with van der Waals surface area (Å²) in [7, 11) is 0. The van der Waals surface area contributed by atoms with Gasteiger partial charge in [-0.1, -0.05) is 18.2 Å². The van der Waals surface area contributed by atoms with Gasteiger partial charge in [0.15, 0.2) is 0 Å². The normalized spacial score (nSPS) is 26.5. The van der Waals surface area contributed by atoms with Crippen LogP contribution in [0.2, 0.25) is 0 Å². The molecule has 1 aliphatic heterocycles. The minimum absolute atomic E-state index is 0.165. The first-order valence-corrected chi connectivity index (χ1v) is 6.06. The number of carboxylic acids is 1. The summed E-state index contributed by atoms with van der Waals surface area (Å²) in [5.41, 5.74) is 1.34. The highest BCUT2D eigenvalue weighted by Crippen LogP contribution is 2.19. The van der Waals surface area contributed by atoms with E-state index >= 15 is 0 Å². The number of allylic oxidation sites excluding steroid dienone is 2. The third kappa shape index (κ3) is 2.95. The molecule has 1 aliphatic carbocycles. The third-order valence-electron chi connectivity index (χ3n) is 3.33. The maximum absolute atomic E-state index is 10.9. The van der Waals surface area contributed by atoms with E-state index in [1.165, 1.54) is 5.57 Å². The molecule has 3 nitrogen and oxygen atoms in total. The van der Waals surface area contributed by atoms with Gasteiger partial charge in [-0.15, -0.1) is 0 Å². The zero-order chi connectivity index (χ0) is 11.4. The third-order valence-corrected chi connectivity index (χ3v) is 3.33. The second-order valence-electron chi connectivity index (χ2n) is 4.67. The number of carbonyl (C=O) groups is 1. The molecule has 0 radical (unpaired) electrons. The Hall–Kier alpha value is -1.09. The summed E-state index contributed by atoms with van der Waals surface area (Å²) in [6.45, 7) is 2.66. The van der Waals surface area contributed by atoms with E-state index in [1.807, 2.05) is 0 Å². The summed E-state index contributed by atoms with van der Waals surface area (Å²) >= 11 is 0. The Morgan fingerprint density at radius 2 is 2.38 bits per heavy atom. The Labute approximate surface area is 96.4 Å². The fraction of sp³-hybridized carbons (Fsp3) is 0.615. The Morgan fingerprint density at radius 3 is 3.06 bits per heavy atom. The Balaban J connectivity index is 1.87. The number of rotatable bonds is 3. The van der Waals surface area contributed by atoms with E-state index in [2.05, 4.69) is 23.1 Å². The maximum Gasteiger partial charge on any atom is 0.307 e. The first kappa shape index (κ1) is 11.4. The first-order chi connectivity index (χ1) is 7.75. The molecule has 0 aromatic rings. The maximum atomic E-state index is 10.9. The van der Waals surface area contributed by atoms with Crippen LogP contribution in [0, 0.1) is 5.92 Å². The van der Waals surface area contributed by atoms with Gasteiger partial charge in [0.2, 0.25) is 0 Å². The van der Waals surface area contributed by atoms with E-state index in [0.29, 0.717) is 6.54 Å². The van der Waals surface area contributed by atoms with E-state index in [1.54, 1.807) is 0 Å². The van der Waals surface area contributed by atoms with Crippen LogP contribution >= 0.6 is 0 Å². The fourth-order valence-corrected chi connectivity index (χ4v) is 2.44. The van der Waals surface area contributed by atoms with Crippen LogP contribution in [-0.4, -0.2) is 35.6 Å². The van der Waals surface area contributed by atoms with Gasteiger partial charge in [0.25, 0.3) is 0 Å². The lowest BCUT2D eigenvalue weighted by atomic mass is 9.97. The number of hydrogen-bond donors (Lipinski definition) is 1. The number of carboxylic acid groups (broad SMARTS) is 1. The Kier molecular flexibility index (Phi) is 3.78. The van der Waals surface area contributed by atoms with Crippen LogP contribution in [0.1, 0.15) is 25.7 Å². The molecule has 2 aliphatic rings. The number of piperidine rings is 1. The molecule has 0 saturated carbocycles. The predicted molar refractivity (Wildman–Crippen MR) is 63.3 cm³/mol. The number of aliphatic carboxylic acids is 1. The molecule has 16 heavy (non-hydrogen) atoms. The number of hydrogen-bond acceptors (Lipinski definition) is 2. The summed E-state index contributed by atoms with van der Waals surface area (Å²) in [6.07, 6.45) is 10.8. The lowest BCUT2D eigenvalue weighted by molar-refractivity contribution is -0.143. The average Bonchev–Trinajstić information content (AvgIpc) is 2.30. The molecule has 3 heteroatoms. The minimum Gasteiger partial charge on any atom is -0.481 e. The Morgan fingerprint density at radius 1 is 1.50 bits per heavy atom. The zero-order valence-electron chi connectivity index (χ0n) is 9.56. The molecule has 88 valence electrons. The molecule has 1 N–H and O–H groups in total. The van der Waals surface area contributed by atoms with E-state index in [0.717, 1.165) is 38.8 Å². The van der Waals surface area contributed by atoms with Crippen LogP contribution in [0.15, 0.2) is 23.8 Å². The number of likely N-dealkylation sites (tertiary alicyclic amines) is 1. The summed E-state index contributed by atoms with van der Waals surface area (Å²) in [5, 5.41) is 9.01. The second kappa shape index (κ2) is 5.30. The summed E-state index contributed by atoms with van der Waals surface area (Å²) in [6, 6.07) is 0. The largest absolute Gasteiger partial charge is 0.481 e. The highest BCUT2D eigenvalue weighted by atomic mass is 16.4. The standard InChI is InChI=1S/C13H19NO2/c15-13(16)12-7-4-8-14(10-12)9-11-5-2-1-3-6-11/h2,5-6,12H,1,3-4,7-10H2,(H,15,16). The molecular formula is C13H19NO2. The zero-order valence-corrected chi connectivity index (χ0v) is 9.56. The van der Waals surface area contributed by atoms with Crippen molar-refractivity contribution in [3.05, 3.63) is 23.8 Å². The number of nitrogens with zero attached hydrogens (tertiary/aromatic N) is 1. The van der Waals surface area contributed by atoms with E-state index in [4.69, 9.17) is 5.11 Å². The molecule has 1 fully saturated rings. The molecule has 1 atom stereocenters. The van der Waals surface area contributed by atoms with Crippen molar-refractivity contribution in [2.45, 2.75) is 25.7 Å². The van der Waals surface area contributed by atoms with Crippen molar-refractivity contribution in [1.82, 2.24) is 4.90 Å². The van der Waals surface area contributed by atoms with E-state index in [-0.39, 0.29) is 5.92 Å². The van der Waals surface area contributed by atoms with Gasteiger partial charge in [0.1, 0.15) is 0 Å². The fourth-order valence-electron chi connectivity index (χ4n) is 2.44. The molecular weight excluding hydrogens is 202 g/mol. The lowest BCUT2D eigenvalue weighted by Gasteiger charge is -2.31. The average molecular weight is 221 g/mol. The van der Waals surface area contributed by atoms with E-state index < -0.39 is 5.97 Å². The molecule has 0 bridgehead atoms. The second-order valence-corrected chi connectivity index (χ2v) is 4.67. The molecule has 0 spiro atoms. The summed E-state index contributed by atoms with van der Waals surface area (Å²) in [5.74, 6) is -0.806. The molecule has 1 heterocycles. The van der Waals surface area contributed by atoms with Crippen molar-refractivity contribution in [1.29, 1.82) is 0 Å². The summed E-state index contributed by atoms with van der Waals surface area (Å²) < 4.78 is 0. The summed E-state index contributed by atoms with van der Waals surface area (Å²) in [4.78, 5) is 13.2. The smallest absolute Gasteiger partial charge is 0.307 e. The van der Waals surface area contributed by atoms with Gasteiger partial charge in [0.05, 0.1) is 5.92 Å². The van der Waals surface area contributed by atoms with Crippen LogP contribution in [0.5, 0.6) is 0 Å². The Bertz CT molecular complexity index is 320. The van der Waals surface area contributed by atoms with Gasteiger partial charge in [-0.25, -0.2) is 0 Å². The van der Waals surface area contributed by atoms with E-state index in [9.17, 15) is 4.79 Å². The monoisotopic (exact) mass is 221 g/mol. The molecule has 0 amide bonds. The quantitative estimate of drug-likeness (QED) is 0.793. The van der Waals surface area contributed by atoms with Gasteiger partial charge in [-0.2, -0.15) is 0 Å². The van der Waals surface area contributed by atoms with Crippen LogP contribution in [0.25, 0.3) is 0 Å². The molecule has 0 aromatic carbocycles. The van der Waals surface area contributed by atoms with Crippen molar-refractivity contribution in [3.63, 3.8) is 0 Å². The van der Waals surface area contributed by atoms with Crippen LogP contribution in [0.3, 0.4) is 0 Å². The predicted octanol–water partition coefficient (Wildman–Crippen LogP) is 2.06. The van der Waals surface area contributed by atoms with Gasteiger partial charge in [0, 0.05) is 13.1 Å². The molecule has 2 rings (SSSR count). The highest BCUT2D eigenvalue weighted by Gasteiger charge is 2.25. The lowest BCUT2D eigenvalue weighted by Crippen LogP contribution is -2.39. The minimum atomic E-state index is -0.641.